The summed E-state index contributed by atoms with van der Waals surface area (Å²) in [5, 5.41) is 23.5. The third kappa shape index (κ3) is 6.10. The van der Waals surface area contributed by atoms with Crippen molar-refractivity contribution >= 4 is 22.7 Å². The van der Waals surface area contributed by atoms with Gasteiger partial charge in [0.05, 0.1) is 4.92 Å². The van der Waals surface area contributed by atoms with Crippen LogP contribution in [0.15, 0.2) is 65.7 Å². The Labute approximate surface area is 182 Å². The van der Waals surface area contributed by atoms with Crippen LogP contribution >= 0.6 is 0 Å². The van der Waals surface area contributed by atoms with Crippen molar-refractivity contribution in [2.24, 2.45) is 10.7 Å². The van der Waals surface area contributed by atoms with Crippen LogP contribution in [0.3, 0.4) is 0 Å². The summed E-state index contributed by atoms with van der Waals surface area (Å²) >= 11 is 0. The van der Waals surface area contributed by atoms with E-state index in [1.807, 2.05) is 36.4 Å². The Morgan fingerprint density at radius 2 is 1.77 bits per heavy atom. The fourth-order valence-electron chi connectivity index (χ4n) is 3.61. The molecule has 0 atom stereocenters. The molecular formula is C24H28N4O3. The Bertz CT molecular complexity index is 1050. The van der Waals surface area contributed by atoms with Gasteiger partial charge in [-0.1, -0.05) is 48.5 Å². The van der Waals surface area contributed by atoms with Gasteiger partial charge in [-0.05, 0) is 42.8 Å². The molecule has 0 aliphatic carbocycles. The largest absolute Gasteiger partial charge is 0.507 e. The number of nitrogens with two attached hydrogens (primary N) is 1. The summed E-state index contributed by atoms with van der Waals surface area (Å²) in [4.78, 5) is 17.7. The third-order valence-electron chi connectivity index (χ3n) is 5.19. The number of aliphatic imine (C=N–C) groups is 1. The fourth-order valence-corrected chi connectivity index (χ4v) is 3.61. The lowest BCUT2D eigenvalue weighted by Crippen LogP contribution is -2.28. The lowest BCUT2D eigenvalue weighted by molar-refractivity contribution is -0.385. The van der Waals surface area contributed by atoms with Gasteiger partial charge >= 0.3 is 0 Å². The van der Waals surface area contributed by atoms with Crippen molar-refractivity contribution in [2.75, 3.05) is 26.2 Å². The number of benzene rings is 3. The lowest BCUT2D eigenvalue weighted by Gasteiger charge is -2.21. The molecular weight excluding hydrogens is 392 g/mol. The van der Waals surface area contributed by atoms with E-state index in [4.69, 9.17) is 5.73 Å². The predicted molar refractivity (Wildman–Crippen MR) is 125 cm³/mol. The van der Waals surface area contributed by atoms with Crippen molar-refractivity contribution < 1.29 is 10.0 Å². The number of phenols is 1. The summed E-state index contributed by atoms with van der Waals surface area (Å²) in [7, 11) is 0. The van der Waals surface area contributed by atoms with E-state index >= 15 is 0 Å². The Balaban J connectivity index is 1.62. The van der Waals surface area contributed by atoms with Crippen molar-refractivity contribution in [3.63, 3.8) is 0 Å². The molecule has 7 nitrogen and oxygen atoms in total. The Hall–Kier alpha value is -3.29. The Kier molecular flexibility index (Phi) is 8.09. The second-order valence-corrected chi connectivity index (χ2v) is 7.41. The van der Waals surface area contributed by atoms with E-state index < -0.39 is 0 Å². The molecule has 7 heteroatoms. The van der Waals surface area contributed by atoms with Gasteiger partial charge in [0.25, 0.3) is 5.69 Å². The molecule has 0 saturated carbocycles. The van der Waals surface area contributed by atoms with Crippen LogP contribution in [-0.4, -0.2) is 47.3 Å². The van der Waals surface area contributed by atoms with Crippen molar-refractivity contribution in [3.8, 4) is 5.75 Å². The number of aromatic hydroxyl groups is 1. The minimum absolute atomic E-state index is 0.143. The van der Waals surface area contributed by atoms with Crippen LogP contribution in [0.2, 0.25) is 0 Å². The first-order valence-electron chi connectivity index (χ1n) is 10.5. The molecule has 0 aromatic heterocycles. The number of fused-ring (bicyclic) bond motifs is 1. The van der Waals surface area contributed by atoms with Crippen LogP contribution in [0.4, 0.5) is 5.69 Å². The van der Waals surface area contributed by atoms with Gasteiger partial charge in [-0.15, -0.1) is 0 Å². The number of nitro groups is 1. The van der Waals surface area contributed by atoms with Gasteiger partial charge in [-0.3, -0.25) is 20.0 Å². The molecule has 3 rings (SSSR count). The molecule has 0 radical (unpaired) electrons. The highest BCUT2D eigenvalue weighted by Crippen LogP contribution is 2.25. The molecule has 3 N–H and O–H groups in total. The quantitative estimate of drug-likeness (QED) is 0.210. The van der Waals surface area contributed by atoms with Crippen LogP contribution < -0.4 is 5.73 Å². The summed E-state index contributed by atoms with van der Waals surface area (Å²) in [6.45, 7) is 3.21. The number of rotatable bonds is 11. The average molecular weight is 421 g/mol. The first-order valence-corrected chi connectivity index (χ1v) is 10.5. The maximum Gasteiger partial charge on any atom is 0.273 e. The summed E-state index contributed by atoms with van der Waals surface area (Å²) in [6, 6.07) is 18.3. The van der Waals surface area contributed by atoms with Crippen molar-refractivity contribution in [1.29, 1.82) is 0 Å². The zero-order valence-corrected chi connectivity index (χ0v) is 17.5. The van der Waals surface area contributed by atoms with E-state index in [1.54, 1.807) is 24.4 Å². The van der Waals surface area contributed by atoms with E-state index in [1.165, 1.54) is 6.07 Å². The minimum Gasteiger partial charge on any atom is -0.507 e. The summed E-state index contributed by atoms with van der Waals surface area (Å²) in [5.74, 6) is 0.211. The second-order valence-electron chi connectivity index (χ2n) is 7.41. The highest BCUT2D eigenvalue weighted by Gasteiger charge is 2.15. The molecule has 0 heterocycles. The van der Waals surface area contributed by atoms with E-state index in [9.17, 15) is 15.2 Å². The fraction of sp³-hybridized carbons (Fsp3) is 0.292. The maximum absolute atomic E-state index is 11.3. The monoisotopic (exact) mass is 420 g/mol. The number of hydrogen-bond donors (Lipinski definition) is 2. The summed E-state index contributed by atoms with van der Waals surface area (Å²) < 4.78 is 0. The SMILES string of the molecule is NCCCN(CCCN=Cc1c(O)ccc2ccccc12)Cc1ccccc1[N+](=O)[O-]. The van der Waals surface area contributed by atoms with E-state index in [-0.39, 0.29) is 16.4 Å². The second kappa shape index (κ2) is 11.2. The molecule has 0 amide bonds. The van der Waals surface area contributed by atoms with Crippen LogP contribution in [0.5, 0.6) is 5.75 Å². The first kappa shape index (κ1) is 22.4. The molecule has 0 fully saturated rings. The maximum atomic E-state index is 11.3. The number of nitro benzene ring substituents is 1. The highest BCUT2D eigenvalue weighted by atomic mass is 16.6. The molecule has 0 spiro atoms. The van der Waals surface area contributed by atoms with Crippen LogP contribution in [0.1, 0.15) is 24.0 Å². The zero-order chi connectivity index (χ0) is 22.1. The van der Waals surface area contributed by atoms with Gasteiger partial charge in [0.2, 0.25) is 0 Å². The smallest absolute Gasteiger partial charge is 0.273 e. The molecule has 0 unspecified atom stereocenters. The van der Waals surface area contributed by atoms with Gasteiger partial charge in [0, 0.05) is 43.0 Å². The van der Waals surface area contributed by atoms with Crippen molar-refractivity contribution in [1.82, 2.24) is 4.90 Å². The molecule has 3 aromatic rings. The summed E-state index contributed by atoms with van der Waals surface area (Å²) in [5.41, 5.74) is 7.23. The zero-order valence-electron chi connectivity index (χ0n) is 17.5. The standard InChI is InChI=1S/C24H28N4O3/c25-13-5-15-27(18-20-8-2-4-10-23(20)28(30)31)16-6-14-26-17-22-21-9-3-1-7-19(21)11-12-24(22)29/h1-4,7-12,17,29H,5-6,13-16,18,25H2. The van der Waals surface area contributed by atoms with Crippen molar-refractivity contribution in [3.05, 3.63) is 81.9 Å². The van der Waals surface area contributed by atoms with Crippen LogP contribution in [-0.2, 0) is 6.54 Å². The van der Waals surface area contributed by atoms with Gasteiger partial charge in [0.1, 0.15) is 5.75 Å². The molecule has 31 heavy (non-hydrogen) atoms. The van der Waals surface area contributed by atoms with Gasteiger partial charge < -0.3 is 10.8 Å². The molecule has 0 aliphatic heterocycles. The normalized spacial score (nSPS) is 11.5. The summed E-state index contributed by atoms with van der Waals surface area (Å²) in [6.07, 6.45) is 3.35. The minimum atomic E-state index is -0.336. The third-order valence-corrected chi connectivity index (χ3v) is 5.19. The van der Waals surface area contributed by atoms with Gasteiger partial charge in [-0.25, -0.2) is 0 Å². The lowest BCUT2D eigenvalue weighted by atomic mass is 10.0. The molecule has 162 valence electrons. The Morgan fingerprint density at radius 1 is 1.03 bits per heavy atom. The molecule has 0 aliphatic rings. The van der Waals surface area contributed by atoms with Crippen molar-refractivity contribution in [2.45, 2.75) is 19.4 Å². The predicted octanol–water partition coefficient (Wildman–Crippen LogP) is 4.11. The molecule has 3 aromatic carbocycles. The molecule has 0 bridgehead atoms. The van der Waals surface area contributed by atoms with E-state index in [2.05, 4.69) is 9.89 Å². The van der Waals surface area contributed by atoms with Crippen LogP contribution in [0, 0.1) is 10.1 Å². The first-order chi connectivity index (χ1) is 15.1. The van der Waals surface area contributed by atoms with E-state index in [0.29, 0.717) is 25.2 Å². The van der Waals surface area contributed by atoms with Crippen LogP contribution in [0.25, 0.3) is 10.8 Å². The number of nitrogens with zero attached hydrogens (tertiary/aromatic N) is 3. The number of para-hydroxylation sites is 1. The van der Waals surface area contributed by atoms with Gasteiger partial charge in [0.15, 0.2) is 0 Å². The topological polar surface area (TPSA) is 105 Å². The van der Waals surface area contributed by atoms with Gasteiger partial charge in [-0.2, -0.15) is 0 Å². The van der Waals surface area contributed by atoms with E-state index in [0.717, 1.165) is 42.3 Å². The molecule has 0 saturated heterocycles. The highest BCUT2D eigenvalue weighted by molar-refractivity contribution is 6.02. The number of phenolic OH excluding ortho intramolecular Hbond substituents is 1. The number of hydrogen-bond acceptors (Lipinski definition) is 6. The average Bonchev–Trinajstić information content (AvgIpc) is 2.78. The Morgan fingerprint density at radius 3 is 2.58 bits per heavy atom.